The van der Waals surface area contributed by atoms with E-state index in [2.05, 4.69) is 44.2 Å². The van der Waals surface area contributed by atoms with Crippen LogP contribution in [0.25, 0.3) is 0 Å². The van der Waals surface area contributed by atoms with Gasteiger partial charge in [-0.3, -0.25) is 0 Å². The van der Waals surface area contributed by atoms with Crippen LogP contribution >= 0.6 is 0 Å². The van der Waals surface area contributed by atoms with Crippen molar-refractivity contribution in [1.29, 1.82) is 0 Å². The minimum Gasteiger partial charge on any atom is -0.392 e. The summed E-state index contributed by atoms with van der Waals surface area (Å²) in [5.74, 6) is 0.438. The first-order chi connectivity index (χ1) is 7.31. The smallest absolute Gasteiger partial charge is 0.0641 e. The molecule has 0 saturated carbocycles. The van der Waals surface area contributed by atoms with Crippen molar-refractivity contribution < 1.29 is 5.11 Å². The fraction of sp³-hybridized carbons (Fsp3) is 0.429. The molecule has 1 heteroatoms. The summed E-state index contributed by atoms with van der Waals surface area (Å²) < 4.78 is 0. The lowest BCUT2D eigenvalue weighted by atomic mass is 9.94. The van der Waals surface area contributed by atoms with Crippen LogP contribution in [0.2, 0.25) is 0 Å². The highest BCUT2D eigenvalue weighted by atomic mass is 16.3. The van der Waals surface area contributed by atoms with Crippen molar-refractivity contribution >= 4 is 0 Å². The zero-order valence-electron chi connectivity index (χ0n) is 9.61. The maximum Gasteiger partial charge on any atom is 0.0641 e. The zero-order valence-corrected chi connectivity index (χ0v) is 9.61. The Morgan fingerprint density at radius 1 is 1.27 bits per heavy atom. The van der Waals surface area contributed by atoms with Gasteiger partial charge in [-0.1, -0.05) is 50.3 Å². The molecular weight excluding hydrogens is 184 g/mol. The van der Waals surface area contributed by atoms with E-state index in [4.69, 9.17) is 5.11 Å². The lowest BCUT2D eigenvalue weighted by Gasteiger charge is -2.12. The van der Waals surface area contributed by atoms with Crippen molar-refractivity contribution in [1.82, 2.24) is 0 Å². The Morgan fingerprint density at radius 3 is 2.40 bits per heavy atom. The van der Waals surface area contributed by atoms with Crippen molar-refractivity contribution in [3.05, 3.63) is 47.5 Å². The first-order valence-corrected chi connectivity index (χ1v) is 5.67. The van der Waals surface area contributed by atoms with E-state index in [1.807, 2.05) is 6.07 Å². The molecule has 0 spiro atoms. The summed E-state index contributed by atoms with van der Waals surface area (Å²) in [6, 6.07) is 10.5. The van der Waals surface area contributed by atoms with Crippen molar-refractivity contribution in [2.24, 2.45) is 0 Å². The number of hydrogen-bond donors (Lipinski definition) is 1. The highest BCUT2D eigenvalue weighted by Crippen LogP contribution is 2.22. The molecule has 1 atom stereocenters. The van der Waals surface area contributed by atoms with Crippen LogP contribution in [-0.4, -0.2) is 11.7 Å². The molecular formula is C14H20O. The van der Waals surface area contributed by atoms with Gasteiger partial charge in [0, 0.05) is 5.92 Å². The number of benzene rings is 1. The fourth-order valence-corrected chi connectivity index (χ4v) is 1.72. The lowest BCUT2D eigenvalue weighted by molar-refractivity contribution is 0.326. The van der Waals surface area contributed by atoms with Crippen molar-refractivity contribution in [3.8, 4) is 0 Å². The van der Waals surface area contributed by atoms with E-state index in [1.54, 1.807) is 0 Å². The molecule has 0 bridgehead atoms. The molecule has 0 heterocycles. The zero-order chi connectivity index (χ0) is 11.1. The molecule has 0 amide bonds. The summed E-state index contributed by atoms with van der Waals surface area (Å²) in [4.78, 5) is 0. The molecule has 15 heavy (non-hydrogen) atoms. The van der Waals surface area contributed by atoms with E-state index in [9.17, 15) is 0 Å². The van der Waals surface area contributed by atoms with Crippen LogP contribution in [-0.2, 0) is 0 Å². The molecule has 1 N–H and O–H groups in total. The van der Waals surface area contributed by atoms with E-state index >= 15 is 0 Å². The summed E-state index contributed by atoms with van der Waals surface area (Å²) in [6.07, 6.45) is 4.21. The van der Waals surface area contributed by atoms with Gasteiger partial charge in [0.2, 0.25) is 0 Å². The minimum atomic E-state index is 0.180. The third-order valence-electron chi connectivity index (χ3n) is 2.76. The number of rotatable bonds is 5. The second-order valence-corrected chi connectivity index (χ2v) is 3.76. The molecule has 0 radical (unpaired) electrons. The summed E-state index contributed by atoms with van der Waals surface area (Å²) in [5.41, 5.74) is 2.46. The van der Waals surface area contributed by atoms with Gasteiger partial charge in [-0.15, -0.1) is 0 Å². The van der Waals surface area contributed by atoms with Crippen LogP contribution in [0.5, 0.6) is 0 Å². The molecule has 0 aliphatic heterocycles. The standard InChI is InChI=1S/C14H20O/c1-3-12(11-15)10-13(4-2)14-8-6-5-7-9-14/h5-10,13,15H,3-4,11H2,1-2H3/b12-10+. The molecule has 0 aliphatic carbocycles. The maximum atomic E-state index is 9.15. The predicted octanol–water partition coefficient (Wildman–Crippen LogP) is 3.51. The Bertz CT molecular complexity index is 294. The SMILES string of the molecule is CC/C(=C\C(CC)c1ccccc1)CO. The molecule has 1 nitrogen and oxygen atoms in total. The Hall–Kier alpha value is -1.08. The maximum absolute atomic E-state index is 9.15. The monoisotopic (exact) mass is 204 g/mol. The quantitative estimate of drug-likeness (QED) is 0.728. The van der Waals surface area contributed by atoms with Gasteiger partial charge < -0.3 is 5.11 Å². The summed E-state index contributed by atoms with van der Waals surface area (Å²) >= 11 is 0. The first kappa shape index (κ1) is 12.0. The highest BCUT2D eigenvalue weighted by Gasteiger charge is 2.06. The number of allylic oxidation sites excluding steroid dienone is 1. The van der Waals surface area contributed by atoms with E-state index in [1.165, 1.54) is 5.56 Å². The summed E-state index contributed by atoms with van der Waals surface area (Å²) in [7, 11) is 0. The molecule has 82 valence electrons. The predicted molar refractivity (Wildman–Crippen MR) is 64.9 cm³/mol. The van der Waals surface area contributed by atoms with Crippen LogP contribution in [0, 0.1) is 0 Å². The Balaban J connectivity index is 2.85. The lowest BCUT2D eigenvalue weighted by Crippen LogP contribution is -1.97. The Morgan fingerprint density at radius 2 is 1.93 bits per heavy atom. The third-order valence-corrected chi connectivity index (χ3v) is 2.76. The Kier molecular flexibility index (Phi) is 5.13. The summed E-state index contributed by atoms with van der Waals surface area (Å²) in [6.45, 7) is 4.44. The van der Waals surface area contributed by atoms with Gasteiger partial charge in [0.15, 0.2) is 0 Å². The van der Waals surface area contributed by atoms with Gasteiger partial charge in [0.25, 0.3) is 0 Å². The number of hydrogen-bond acceptors (Lipinski definition) is 1. The second kappa shape index (κ2) is 6.41. The van der Waals surface area contributed by atoms with Crippen LogP contribution in [0.3, 0.4) is 0 Å². The fourth-order valence-electron chi connectivity index (χ4n) is 1.72. The van der Waals surface area contributed by atoms with Gasteiger partial charge >= 0.3 is 0 Å². The molecule has 0 saturated heterocycles. The topological polar surface area (TPSA) is 20.2 Å². The van der Waals surface area contributed by atoms with Gasteiger partial charge in [-0.25, -0.2) is 0 Å². The molecule has 1 aromatic rings. The first-order valence-electron chi connectivity index (χ1n) is 5.67. The number of aliphatic hydroxyl groups is 1. The van der Waals surface area contributed by atoms with Gasteiger partial charge in [-0.2, -0.15) is 0 Å². The van der Waals surface area contributed by atoms with Crippen LogP contribution in [0.15, 0.2) is 42.0 Å². The molecule has 1 rings (SSSR count). The minimum absolute atomic E-state index is 0.180. The van der Waals surface area contributed by atoms with Gasteiger partial charge in [0.1, 0.15) is 0 Å². The van der Waals surface area contributed by atoms with E-state index < -0.39 is 0 Å². The van der Waals surface area contributed by atoms with Crippen molar-refractivity contribution in [2.75, 3.05) is 6.61 Å². The molecule has 0 aromatic heterocycles. The van der Waals surface area contributed by atoms with Crippen LogP contribution in [0.1, 0.15) is 38.2 Å². The molecule has 1 aromatic carbocycles. The van der Waals surface area contributed by atoms with Crippen LogP contribution < -0.4 is 0 Å². The average Bonchev–Trinajstić information content (AvgIpc) is 2.32. The molecule has 1 unspecified atom stereocenters. The molecule has 0 aliphatic rings. The van der Waals surface area contributed by atoms with E-state index in [0.717, 1.165) is 18.4 Å². The summed E-state index contributed by atoms with van der Waals surface area (Å²) in [5, 5.41) is 9.15. The van der Waals surface area contributed by atoms with Crippen molar-refractivity contribution in [2.45, 2.75) is 32.6 Å². The normalized spacial score (nSPS) is 13.9. The second-order valence-electron chi connectivity index (χ2n) is 3.76. The van der Waals surface area contributed by atoms with Gasteiger partial charge in [-0.05, 0) is 24.0 Å². The van der Waals surface area contributed by atoms with Crippen molar-refractivity contribution in [3.63, 3.8) is 0 Å². The Labute approximate surface area is 92.5 Å². The molecule has 0 fully saturated rings. The largest absolute Gasteiger partial charge is 0.392 e. The van der Waals surface area contributed by atoms with Gasteiger partial charge in [0.05, 0.1) is 6.61 Å². The van der Waals surface area contributed by atoms with E-state index in [0.29, 0.717) is 5.92 Å². The number of aliphatic hydroxyl groups excluding tert-OH is 1. The van der Waals surface area contributed by atoms with E-state index in [-0.39, 0.29) is 6.61 Å². The third kappa shape index (κ3) is 3.52. The highest BCUT2D eigenvalue weighted by molar-refractivity contribution is 5.25. The average molecular weight is 204 g/mol. The van der Waals surface area contributed by atoms with Crippen LogP contribution in [0.4, 0.5) is 0 Å².